The van der Waals surface area contributed by atoms with Gasteiger partial charge in [0.05, 0.1) is 6.61 Å². The summed E-state index contributed by atoms with van der Waals surface area (Å²) in [5, 5.41) is 11.7. The van der Waals surface area contributed by atoms with Crippen LogP contribution in [0.1, 0.15) is 19.8 Å². The monoisotopic (exact) mass is 219 g/mol. The minimum Gasteiger partial charge on any atom is -0.480 e. The smallest absolute Gasteiger partial charge is 0.323 e. The van der Waals surface area contributed by atoms with E-state index in [0.717, 1.165) is 19.4 Å². The van der Waals surface area contributed by atoms with E-state index in [1.807, 2.05) is 0 Å². The minimum absolute atomic E-state index is 0.186. The Hall–Kier alpha value is -0.650. The average molecular weight is 219 g/mol. The van der Waals surface area contributed by atoms with E-state index in [1.165, 1.54) is 7.11 Å². The van der Waals surface area contributed by atoms with Crippen molar-refractivity contribution in [3.05, 3.63) is 0 Å². The maximum Gasteiger partial charge on any atom is 0.323 e. The van der Waals surface area contributed by atoms with E-state index in [9.17, 15) is 4.79 Å². The lowest BCUT2D eigenvalue weighted by molar-refractivity contribution is -0.140. The second-order valence-electron chi connectivity index (χ2n) is 3.27. The Morgan fingerprint density at radius 2 is 2.20 bits per heavy atom. The number of rotatable bonds is 10. The van der Waals surface area contributed by atoms with Gasteiger partial charge in [-0.1, -0.05) is 6.92 Å². The SMILES string of the molecule is CCCOCCCNC(COC)C(=O)O. The Morgan fingerprint density at radius 3 is 2.73 bits per heavy atom. The highest BCUT2D eigenvalue weighted by atomic mass is 16.5. The number of carbonyl (C=O) groups is 1. The van der Waals surface area contributed by atoms with E-state index < -0.39 is 12.0 Å². The molecule has 0 heterocycles. The fourth-order valence-corrected chi connectivity index (χ4v) is 1.08. The van der Waals surface area contributed by atoms with Crippen molar-refractivity contribution in [3.8, 4) is 0 Å². The van der Waals surface area contributed by atoms with E-state index in [4.69, 9.17) is 14.6 Å². The first-order valence-electron chi connectivity index (χ1n) is 5.25. The standard InChI is InChI=1S/C10H21NO4/c1-3-6-15-7-4-5-11-9(8-14-2)10(12)13/h9,11H,3-8H2,1-2H3,(H,12,13). The van der Waals surface area contributed by atoms with Crippen molar-refractivity contribution in [2.45, 2.75) is 25.8 Å². The van der Waals surface area contributed by atoms with Crippen LogP contribution in [0.4, 0.5) is 0 Å². The molecule has 5 heteroatoms. The Kier molecular flexibility index (Phi) is 9.46. The molecule has 0 aromatic carbocycles. The van der Waals surface area contributed by atoms with E-state index >= 15 is 0 Å². The number of hydrogen-bond donors (Lipinski definition) is 2. The number of carboxylic acids is 1. The van der Waals surface area contributed by atoms with Gasteiger partial charge in [-0.05, 0) is 19.4 Å². The zero-order valence-corrected chi connectivity index (χ0v) is 9.49. The molecular weight excluding hydrogens is 198 g/mol. The Labute approximate surface area is 90.8 Å². The van der Waals surface area contributed by atoms with Crippen LogP contribution in [0, 0.1) is 0 Å². The number of methoxy groups -OCH3 is 1. The lowest BCUT2D eigenvalue weighted by Crippen LogP contribution is -2.41. The van der Waals surface area contributed by atoms with Crippen LogP contribution in [0.3, 0.4) is 0 Å². The van der Waals surface area contributed by atoms with Gasteiger partial charge in [0, 0.05) is 20.3 Å². The molecular formula is C10H21NO4. The molecule has 0 saturated heterocycles. The number of aliphatic carboxylic acids is 1. The zero-order chi connectivity index (χ0) is 11.5. The third-order valence-electron chi connectivity index (χ3n) is 1.84. The second-order valence-corrected chi connectivity index (χ2v) is 3.27. The summed E-state index contributed by atoms with van der Waals surface area (Å²) in [5.41, 5.74) is 0. The number of hydrogen-bond acceptors (Lipinski definition) is 4. The Bertz CT molecular complexity index is 164. The molecule has 0 spiro atoms. The van der Waals surface area contributed by atoms with Crippen LogP contribution >= 0.6 is 0 Å². The van der Waals surface area contributed by atoms with Crippen LogP contribution in [0.5, 0.6) is 0 Å². The molecule has 0 aliphatic carbocycles. The van der Waals surface area contributed by atoms with Gasteiger partial charge in [-0.15, -0.1) is 0 Å². The largest absolute Gasteiger partial charge is 0.480 e. The molecule has 0 bridgehead atoms. The van der Waals surface area contributed by atoms with E-state index in [2.05, 4.69) is 12.2 Å². The van der Waals surface area contributed by atoms with Gasteiger partial charge in [-0.3, -0.25) is 4.79 Å². The summed E-state index contributed by atoms with van der Waals surface area (Å²) >= 11 is 0. The normalized spacial score (nSPS) is 12.7. The van der Waals surface area contributed by atoms with Crippen LogP contribution < -0.4 is 5.32 Å². The molecule has 0 amide bonds. The van der Waals surface area contributed by atoms with Crippen molar-refractivity contribution in [1.29, 1.82) is 0 Å². The molecule has 0 aliphatic heterocycles. The molecule has 2 N–H and O–H groups in total. The summed E-state index contributed by atoms with van der Waals surface area (Å²) < 4.78 is 10.1. The summed E-state index contributed by atoms with van der Waals surface area (Å²) in [7, 11) is 1.49. The molecule has 1 unspecified atom stereocenters. The van der Waals surface area contributed by atoms with Crippen LogP contribution in [0.25, 0.3) is 0 Å². The summed E-state index contributed by atoms with van der Waals surface area (Å²) in [6, 6.07) is -0.624. The number of ether oxygens (including phenoxy) is 2. The van der Waals surface area contributed by atoms with Gasteiger partial charge in [0.2, 0.25) is 0 Å². The second kappa shape index (κ2) is 9.89. The van der Waals surface area contributed by atoms with Gasteiger partial charge in [-0.25, -0.2) is 0 Å². The molecule has 0 aromatic rings. The lowest BCUT2D eigenvalue weighted by atomic mass is 10.3. The van der Waals surface area contributed by atoms with Crippen molar-refractivity contribution >= 4 is 5.97 Å². The van der Waals surface area contributed by atoms with Crippen LogP contribution in [0.15, 0.2) is 0 Å². The maximum atomic E-state index is 10.7. The third kappa shape index (κ3) is 8.35. The van der Waals surface area contributed by atoms with Gasteiger partial charge < -0.3 is 19.9 Å². The molecule has 90 valence electrons. The third-order valence-corrected chi connectivity index (χ3v) is 1.84. The molecule has 5 nitrogen and oxygen atoms in total. The number of nitrogens with one attached hydrogen (secondary N) is 1. The van der Waals surface area contributed by atoms with E-state index in [-0.39, 0.29) is 6.61 Å². The predicted octanol–water partition coefficient (Wildman–Crippen LogP) is 0.492. The van der Waals surface area contributed by atoms with Gasteiger partial charge >= 0.3 is 5.97 Å². The van der Waals surface area contributed by atoms with Crippen LogP contribution in [0.2, 0.25) is 0 Å². The summed E-state index contributed by atoms with van der Waals surface area (Å²) in [6.45, 7) is 4.30. The first kappa shape index (κ1) is 14.3. The van der Waals surface area contributed by atoms with Gasteiger partial charge in [0.25, 0.3) is 0 Å². The molecule has 1 atom stereocenters. The first-order chi connectivity index (χ1) is 7.22. The Morgan fingerprint density at radius 1 is 1.47 bits per heavy atom. The highest BCUT2D eigenvalue weighted by molar-refractivity contribution is 5.73. The number of carboxylic acid groups (broad SMARTS) is 1. The molecule has 0 radical (unpaired) electrons. The van der Waals surface area contributed by atoms with Gasteiger partial charge in [0.1, 0.15) is 6.04 Å². The van der Waals surface area contributed by atoms with Crippen molar-refractivity contribution in [2.24, 2.45) is 0 Å². The van der Waals surface area contributed by atoms with Crippen molar-refractivity contribution in [3.63, 3.8) is 0 Å². The van der Waals surface area contributed by atoms with Crippen molar-refractivity contribution < 1.29 is 19.4 Å². The predicted molar refractivity (Wildman–Crippen MR) is 57.0 cm³/mol. The zero-order valence-electron chi connectivity index (χ0n) is 9.49. The maximum absolute atomic E-state index is 10.7. The van der Waals surface area contributed by atoms with Crippen molar-refractivity contribution in [1.82, 2.24) is 5.32 Å². The highest BCUT2D eigenvalue weighted by Crippen LogP contribution is 1.88. The molecule has 0 rings (SSSR count). The molecule has 0 aliphatic rings. The minimum atomic E-state index is -0.883. The summed E-state index contributed by atoms with van der Waals surface area (Å²) in [6.07, 6.45) is 1.82. The Balaban J connectivity index is 3.41. The van der Waals surface area contributed by atoms with Crippen LogP contribution in [-0.2, 0) is 14.3 Å². The van der Waals surface area contributed by atoms with Gasteiger partial charge in [0.15, 0.2) is 0 Å². The topological polar surface area (TPSA) is 67.8 Å². The first-order valence-corrected chi connectivity index (χ1v) is 5.25. The molecule has 0 fully saturated rings. The molecule has 0 aromatic heterocycles. The average Bonchev–Trinajstić information content (AvgIpc) is 2.21. The summed E-state index contributed by atoms with van der Waals surface area (Å²) in [4.78, 5) is 10.7. The fraction of sp³-hybridized carbons (Fsp3) is 0.900. The van der Waals surface area contributed by atoms with Crippen LogP contribution in [-0.4, -0.2) is 50.6 Å². The van der Waals surface area contributed by atoms with E-state index in [1.54, 1.807) is 0 Å². The lowest BCUT2D eigenvalue weighted by Gasteiger charge is -2.13. The van der Waals surface area contributed by atoms with Gasteiger partial charge in [-0.2, -0.15) is 0 Å². The molecule has 15 heavy (non-hydrogen) atoms. The quantitative estimate of drug-likeness (QED) is 0.523. The molecule has 0 saturated carbocycles. The summed E-state index contributed by atoms with van der Waals surface area (Å²) in [5.74, 6) is -0.883. The van der Waals surface area contributed by atoms with Crippen molar-refractivity contribution in [2.75, 3.05) is 33.5 Å². The fourth-order valence-electron chi connectivity index (χ4n) is 1.08. The highest BCUT2D eigenvalue weighted by Gasteiger charge is 2.15. The van der Waals surface area contributed by atoms with E-state index in [0.29, 0.717) is 13.2 Å².